The summed E-state index contributed by atoms with van der Waals surface area (Å²) < 4.78 is 0. The van der Waals surface area contributed by atoms with Crippen molar-refractivity contribution >= 4 is 17.2 Å². The van der Waals surface area contributed by atoms with Crippen molar-refractivity contribution in [1.29, 1.82) is 5.41 Å². The Hall–Kier alpha value is -2.42. The Kier molecular flexibility index (Phi) is 3.53. The lowest BCUT2D eigenvalue weighted by atomic mass is 10.00. The van der Waals surface area contributed by atoms with E-state index in [0.717, 1.165) is 5.56 Å². The van der Waals surface area contributed by atoms with E-state index in [9.17, 15) is 4.79 Å². The third-order valence-electron chi connectivity index (χ3n) is 2.70. The third kappa shape index (κ3) is 2.63. The summed E-state index contributed by atoms with van der Waals surface area (Å²) in [5, 5.41) is 7.86. The Morgan fingerprint density at radius 1 is 1.00 bits per heavy atom. The Balaban J connectivity index is 2.16. The number of nitrogen functional groups attached to an aromatic ring is 1. The van der Waals surface area contributed by atoms with Gasteiger partial charge in [0.05, 0.1) is 5.71 Å². The number of ketones is 1. The van der Waals surface area contributed by atoms with Crippen LogP contribution >= 0.6 is 0 Å². The second-order valence-electron chi connectivity index (χ2n) is 4.06. The van der Waals surface area contributed by atoms with Crippen LogP contribution < -0.4 is 5.73 Å². The van der Waals surface area contributed by atoms with Crippen LogP contribution in [0.1, 0.15) is 15.9 Å². The summed E-state index contributed by atoms with van der Waals surface area (Å²) in [6.07, 6.45) is 0.327. The average molecular weight is 238 g/mol. The highest BCUT2D eigenvalue weighted by atomic mass is 16.1. The molecule has 3 heteroatoms. The number of benzene rings is 2. The molecule has 2 aromatic rings. The molecule has 0 bridgehead atoms. The van der Waals surface area contributed by atoms with Crippen molar-refractivity contribution in [3.05, 3.63) is 65.7 Å². The van der Waals surface area contributed by atoms with Gasteiger partial charge in [-0.15, -0.1) is 0 Å². The van der Waals surface area contributed by atoms with Crippen LogP contribution in [0.3, 0.4) is 0 Å². The molecule has 90 valence electrons. The zero-order chi connectivity index (χ0) is 13.0. The summed E-state index contributed by atoms with van der Waals surface area (Å²) in [6, 6.07) is 16.3. The number of hydrogen-bond acceptors (Lipinski definition) is 3. The molecule has 3 N–H and O–H groups in total. The van der Waals surface area contributed by atoms with E-state index in [4.69, 9.17) is 11.1 Å². The maximum atomic E-state index is 12.1. The minimum absolute atomic E-state index is 0.0547. The van der Waals surface area contributed by atoms with Crippen LogP contribution in [0.15, 0.2) is 54.6 Å². The Bertz CT molecular complexity index is 576. The van der Waals surface area contributed by atoms with Gasteiger partial charge in [0.2, 0.25) is 5.78 Å². The molecule has 0 radical (unpaired) electrons. The van der Waals surface area contributed by atoms with Gasteiger partial charge < -0.3 is 11.1 Å². The highest BCUT2D eigenvalue weighted by Crippen LogP contribution is 2.13. The number of nitrogens with two attached hydrogens (primary N) is 1. The smallest absolute Gasteiger partial charge is 0.208 e. The molecule has 0 aliphatic heterocycles. The second-order valence-corrected chi connectivity index (χ2v) is 4.06. The van der Waals surface area contributed by atoms with Crippen molar-refractivity contribution in [2.45, 2.75) is 6.42 Å². The van der Waals surface area contributed by atoms with E-state index in [1.165, 1.54) is 0 Å². The normalized spacial score (nSPS) is 10.0. The minimum atomic E-state index is -0.308. The van der Waals surface area contributed by atoms with Crippen molar-refractivity contribution in [3.8, 4) is 0 Å². The van der Waals surface area contributed by atoms with Crippen LogP contribution in [0.5, 0.6) is 0 Å². The van der Waals surface area contributed by atoms with E-state index < -0.39 is 0 Å². The van der Waals surface area contributed by atoms with Gasteiger partial charge in [-0.05, 0) is 17.7 Å². The van der Waals surface area contributed by atoms with Crippen LogP contribution in [-0.4, -0.2) is 11.5 Å². The maximum Gasteiger partial charge on any atom is 0.208 e. The molecule has 2 rings (SSSR count). The molecule has 0 aromatic heterocycles. The Morgan fingerprint density at radius 3 is 2.28 bits per heavy atom. The zero-order valence-electron chi connectivity index (χ0n) is 9.89. The van der Waals surface area contributed by atoms with Crippen molar-refractivity contribution in [1.82, 2.24) is 0 Å². The predicted octanol–water partition coefficient (Wildman–Crippen LogP) is 2.71. The molecule has 0 aliphatic carbocycles. The van der Waals surface area contributed by atoms with E-state index in [0.29, 0.717) is 17.7 Å². The monoisotopic (exact) mass is 238 g/mol. The number of rotatable bonds is 4. The number of carbonyl (C=O) groups excluding carboxylic acids is 1. The second kappa shape index (κ2) is 5.27. The van der Waals surface area contributed by atoms with E-state index in [-0.39, 0.29) is 11.5 Å². The van der Waals surface area contributed by atoms with Crippen LogP contribution in [0.2, 0.25) is 0 Å². The molecular weight excluding hydrogens is 224 g/mol. The summed E-state index contributed by atoms with van der Waals surface area (Å²) >= 11 is 0. The van der Waals surface area contributed by atoms with E-state index >= 15 is 0 Å². The Labute approximate surface area is 106 Å². The number of anilines is 1. The standard InChI is InChI=1S/C15H14N2O/c16-13-9-5-4-8-12(13)15(18)14(17)10-11-6-2-1-3-7-11/h1-9,17H,10,16H2. The first-order valence-corrected chi connectivity index (χ1v) is 5.69. The van der Waals surface area contributed by atoms with Crippen molar-refractivity contribution < 1.29 is 4.79 Å². The van der Waals surface area contributed by atoms with Crippen molar-refractivity contribution in [2.75, 3.05) is 5.73 Å². The lowest BCUT2D eigenvalue weighted by molar-refractivity contribution is 0.106. The summed E-state index contributed by atoms with van der Waals surface area (Å²) in [7, 11) is 0. The van der Waals surface area contributed by atoms with Crippen LogP contribution in [-0.2, 0) is 6.42 Å². The molecule has 0 atom stereocenters. The molecule has 0 aliphatic rings. The summed E-state index contributed by atoms with van der Waals surface area (Å²) in [5.41, 5.74) is 7.56. The van der Waals surface area contributed by atoms with Gasteiger partial charge in [0.15, 0.2) is 0 Å². The summed E-state index contributed by atoms with van der Waals surface area (Å²) in [5.74, 6) is -0.308. The molecule has 0 amide bonds. The molecule has 3 nitrogen and oxygen atoms in total. The molecule has 18 heavy (non-hydrogen) atoms. The topological polar surface area (TPSA) is 66.9 Å². The molecule has 0 unspecified atom stereocenters. The maximum absolute atomic E-state index is 12.1. The van der Waals surface area contributed by atoms with Gasteiger partial charge in [-0.1, -0.05) is 42.5 Å². The quantitative estimate of drug-likeness (QED) is 0.488. The number of Topliss-reactive ketones (excluding diaryl/α,β-unsaturated/α-hetero) is 1. The van der Waals surface area contributed by atoms with Gasteiger partial charge in [-0.2, -0.15) is 0 Å². The first-order valence-electron chi connectivity index (χ1n) is 5.69. The van der Waals surface area contributed by atoms with Crippen molar-refractivity contribution in [2.24, 2.45) is 0 Å². The highest BCUT2D eigenvalue weighted by Gasteiger charge is 2.14. The van der Waals surface area contributed by atoms with Crippen molar-refractivity contribution in [3.63, 3.8) is 0 Å². The first kappa shape index (κ1) is 12.0. The number of para-hydroxylation sites is 1. The van der Waals surface area contributed by atoms with E-state index in [1.54, 1.807) is 24.3 Å². The van der Waals surface area contributed by atoms with Crippen LogP contribution in [0.4, 0.5) is 5.69 Å². The average Bonchev–Trinajstić information content (AvgIpc) is 2.39. The fourth-order valence-electron chi connectivity index (χ4n) is 1.75. The van der Waals surface area contributed by atoms with Gasteiger partial charge in [0, 0.05) is 17.7 Å². The molecule has 0 saturated heterocycles. The van der Waals surface area contributed by atoms with E-state index in [2.05, 4.69) is 0 Å². The highest BCUT2D eigenvalue weighted by molar-refractivity contribution is 6.46. The fraction of sp³-hybridized carbons (Fsp3) is 0.0667. The lowest BCUT2D eigenvalue weighted by Crippen LogP contribution is -2.17. The molecule has 2 aromatic carbocycles. The number of hydrogen-bond donors (Lipinski definition) is 2. The predicted molar refractivity (Wildman–Crippen MR) is 73.1 cm³/mol. The molecule has 0 fully saturated rings. The molecule has 0 saturated carbocycles. The Morgan fingerprint density at radius 2 is 1.61 bits per heavy atom. The SMILES string of the molecule is N=C(Cc1ccccc1)C(=O)c1ccccc1N. The van der Waals surface area contributed by atoms with E-state index in [1.807, 2.05) is 30.3 Å². The lowest BCUT2D eigenvalue weighted by Gasteiger charge is -2.06. The van der Waals surface area contributed by atoms with Crippen LogP contribution in [0.25, 0.3) is 0 Å². The fourth-order valence-corrected chi connectivity index (χ4v) is 1.75. The van der Waals surface area contributed by atoms with Gasteiger partial charge in [-0.25, -0.2) is 0 Å². The molecule has 0 spiro atoms. The zero-order valence-corrected chi connectivity index (χ0v) is 9.89. The molecular formula is C15H14N2O. The van der Waals surface area contributed by atoms with Gasteiger partial charge in [-0.3, -0.25) is 4.79 Å². The number of carbonyl (C=O) groups is 1. The minimum Gasteiger partial charge on any atom is -0.398 e. The number of nitrogens with one attached hydrogen (secondary N) is 1. The first-order chi connectivity index (χ1) is 8.68. The third-order valence-corrected chi connectivity index (χ3v) is 2.70. The summed E-state index contributed by atoms with van der Waals surface area (Å²) in [4.78, 5) is 12.1. The largest absolute Gasteiger partial charge is 0.398 e. The molecule has 0 heterocycles. The van der Waals surface area contributed by atoms with Crippen LogP contribution in [0, 0.1) is 5.41 Å². The van der Waals surface area contributed by atoms with Gasteiger partial charge in [0.1, 0.15) is 0 Å². The summed E-state index contributed by atoms with van der Waals surface area (Å²) in [6.45, 7) is 0. The van der Waals surface area contributed by atoms with Gasteiger partial charge in [0.25, 0.3) is 0 Å². The van der Waals surface area contributed by atoms with Gasteiger partial charge >= 0.3 is 0 Å².